The molecular formula is C13H18O. The number of benzene rings is 1. The van der Waals surface area contributed by atoms with Crippen molar-refractivity contribution in [2.45, 2.75) is 45.1 Å². The zero-order valence-electron chi connectivity index (χ0n) is 8.79. The van der Waals surface area contributed by atoms with Gasteiger partial charge in [-0.05, 0) is 55.7 Å². The summed E-state index contributed by atoms with van der Waals surface area (Å²) in [7, 11) is 0. The lowest BCUT2D eigenvalue weighted by Crippen LogP contribution is -2.01. The molecule has 76 valence electrons. The normalized spacial score (nSPS) is 16.7. The first-order chi connectivity index (χ1) is 6.75. The van der Waals surface area contributed by atoms with Crippen molar-refractivity contribution in [3.05, 3.63) is 34.9 Å². The van der Waals surface area contributed by atoms with Crippen LogP contribution in [0.3, 0.4) is 0 Å². The van der Waals surface area contributed by atoms with Crippen molar-refractivity contribution in [2.24, 2.45) is 0 Å². The molecule has 0 fully saturated rings. The molecule has 2 rings (SSSR count). The van der Waals surface area contributed by atoms with Crippen LogP contribution in [0.2, 0.25) is 0 Å². The van der Waals surface area contributed by atoms with Crippen LogP contribution in [0.4, 0.5) is 0 Å². The number of rotatable bonds is 3. The Morgan fingerprint density at radius 3 is 2.86 bits per heavy atom. The van der Waals surface area contributed by atoms with Gasteiger partial charge in [-0.1, -0.05) is 18.2 Å². The Morgan fingerprint density at radius 1 is 1.29 bits per heavy atom. The van der Waals surface area contributed by atoms with Crippen LogP contribution in [-0.2, 0) is 19.3 Å². The van der Waals surface area contributed by atoms with Crippen molar-refractivity contribution in [2.75, 3.05) is 0 Å². The van der Waals surface area contributed by atoms with E-state index in [2.05, 4.69) is 18.2 Å². The summed E-state index contributed by atoms with van der Waals surface area (Å²) in [6.45, 7) is 1.85. The first-order valence-electron chi connectivity index (χ1n) is 5.54. The van der Waals surface area contributed by atoms with Gasteiger partial charge in [0.1, 0.15) is 0 Å². The van der Waals surface area contributed by atoms with Gasteiger partial charge in [-0.2, -0.15) is 0 Å². The maximum Gasteiger partial charge on any atom is 0.0515 e. The minimum Gasteiger partial charge on any atom is -0.393 e. The largest absolute Gasteiger partial charge is 0.393 e. The lowest BCUT2D eigenvalue weighted by atomic mass is 10.0. The second-order valence-corrected chi connectivity index (χ2v) is 4.34. The van der Waals surface area contributed by atoms with E-state index in [0.29, 0.717) is 0 Å². The Kier molecular flexibility index (Phi) is 2.87. The first-order valence-corrected chi connectivity index (χ1v) is 5.54. The third-order valence-electron chi connectivity index (χ3n) is 3.01. The summed E-state index contributed by atoms with van der Waals surface area (Å²) in [6.07, 6.45) is 5.52. The van der Waals surface area contributed by atoms with Crippen LogP contribution in [0.15, 0.2) is 18.2 Å². The second kappa shape index (κ2) is 4.14. The van der Waals surface area contributed by atoms with E-state index in [1.165, 1.54) is 36.0 Å². The molecule has 1 aliphatic carbocycles. The van der Waals surface area contributed by atoms with Gasteiger partial charge >= 0.3 is 0 Å². The van der Waals surface area contributed by atoms with Crippen molar-refractivity contribution < 1.29 is 5.11 Å². The summed E-state index contributed by atoms with van der Waals surface area (Å²) in [4.78, 5) is 0. The summed E-state index contributed by atoms with van der Waals surface area (Å²) >= 11 is 0. The summed E-state index contributed by atoms with van der Waals surface area (Å²) in [5.74, 6) is 0. The molecule has 14 heavy (non-hydrogen) atoms. The standard InChI is InChI=1S/C13H18O/c1-10(14)5-6-11-7-8-12-3-2-4-13(12)9-11/h7-10,14H,2-6H2,1H3/t10-/m0/s1. The molecule has 0 saturated heterocycles. The van der Waals surface area contributed by atoms with E-state index >= 15 is 0 Å². The molecule has 0 spiro atoms. The molecule has 0 radical (unpaired) electrons. The summed E-state index contributed by atoms with van der Waals surface area (Å²) in [5.41, 5.74) is 4.45. The molecule has 1 aromatic rings. The highest BCUT2D eigenvalue weighted by atomic mass is 16.3. The van der Waals surface area contributed by atoms with Crippen LogP contribution in [0, 0.1) is 0 Å². The quantitative estimate of drug-likeness (QED) is 0.776. The number of fused-ring (bicyclic) bond motifs is 1. The van der Waals surface area contributed by atoms with Crippen molar-refractivity contribution in [1.82, 2.24) is 0 Å². The minimum atomic E-state index is -0.178. The minimum absolute atomic E-state index is 0.178. The second-order valence-electron chi connectivity index (χ2n) is 4.34. The Bertz CT molecular complexity index is 315. The smallest absolute Gasteiger partial charge is 0.0515 e. The number of aliphatic hydroxyl groups is 1. The van der Waals surface area contributed by atoms with E-state index in [1.807, 2.05) is 6.92 Å². The van der Waals surface area contributed by atoms with Gasteiger partial charge in [0.05, 0.1) is 6.10 Å². The van der Waals surface area contributed by atoms with Gasteiger partial charge in [0, 0.05) is 0 Å². The lowest BCUT2D eigenvalue weighted by Gasteiger charge is -2.06. The van der Waals surface area contributed by atoms with Crippen LogP contribution in [0.1, 0.15) is 36.5 Å². The lowest BCUT2D eigenvalue weighted by molar-refractivity contribution is 0.185. The zero-order chi connectivity index (χ0) is 9.97. The number of aliphatic hydroxyl groups excluding tert-OH is 1. The predicted octanol–water partition coefficient (Wildman–Crippen LogP) is 2.49. The predicted molar refractivity (Wildman–Crippen MR) is 58.5 cm³/mol. The number of hydrogen-bond donors (Lipinski definition) is 1. The van der Waals surface area contributed by atoms with Crippen LogP contribution >= 0.6 is 0 Å². The van der Waals surface area contributed by atoms with E-state index in [-0.39, 0.29) is 6.10 Å². The Hall–Kier alpha value is -0.820. The van der Waals surface area contributed by atoms with Crippen molar-refractivity contribution >= 4 is 0 Å². The van der Waals surface area contributed by atoms with Crippen LogP contribution in [0.25, 0.3) is 0 Å². The summed E-state index contributed by atoms with van der Waals surface area (Å²) in [6, 6.07) is 6.80. The monoisotopic (exact) mass is 190 g/mol. The Morgan fingerprint density at radius 2 is 2.07 bits per heavy atom. The molecule has 1 N–H and O–H groups in total. The fourth-order valence-electron chi connectivity index (χ4n) is 2.16. The van der Waals surface area contributed by atoms with Gasteiger partial charge in [-0.15, -0.1) is 0 Å². The van der Waals surface area contributed by atoms with Crippen LogP contribution < -0.4 is 0 Å². The molecule has 1 aromatic carbocycles. The molecule has 0 unspecified atom stereocenters. The average molecular weight is 190 g/mol. The van der Waals surface area contributed by atoms with E-state index in [0.717, 1.165) is 12.8 Å². The van der Waals surface area contributed by atoms with Crippen molar-refractivity contribution in [1.29, 1.82) is 0 Å². The van der Waals surface area contributed by atoms with Crippen molar-refractivity contribution in [3.63, 3.8) is 0 Å². The molecule has 0 amide bonds. The molecule has 0 heterocycles. The summed E-state index contributed by atoms with van der Waals surface area (Å²) in [5, 5.41) is 9.21. The molecule has 1 atom stereocenters. The third-order valence-corrected chi connectivity index (χ3v) is 3.01. The van der Waals surface area contributed by atoms with Crippen LogP contribution in [0.5, 0.6) is 0 Å². The number of aryl methyl sites for hydroxylation is 3. The Balaban J connectivity index is 2.05. The van der Waals surface area contributed by atoms with Gasteiger partial charge < -0.3 is 5.11 Å². The maximum absolute atomic E-state index is 9.21. The molecule has 0 aliphatic heterocycles. The van der Waals surface area contributed by atoms with Gasteiger partial charge in [-0.3, -0.25) is 0 Å². The highest BCUT2D eigenvalue weighted by Gasteiger charge is 2.10. The molecular weight excluding hydrogens is 172 g/mol. The highest BCUT2D eigenvalue weighted by molar-refractivity contribution is 5.35. The van der Waals surface area contributed by atoms with E-state index in [9.17, 15) is 5.11 Å². The van der Waals surface area contributed by atoms with Crippen molar-refractivity contribution in [3.8, 4) is 0 Å². The summed E-state index contributed by atoms with van der Waals surface area (Å²) < 4.78 is 0. The molecule has 1 heteroatoms. The van der Waals surface area contributed by atoms with Gasteiger partial charge in [0.15, 0.2) is 0 Å². The fraction of sp³-hybridized carbons (Fsp3) is 0.538. The SMILES string of the molecule is C[C@H](O)CCc1ccc2c(c1)CCC2. The van der Waals surface area contributed by atoms with Gasteiger partial charge in [0.25, 0.3) is 0 Å². The maximum atomic E-state index is 9.21. The van der Waals surface area contributed by atoms with Crippen LogP contribution in [-0.4, -0.2) is 11.2 Å². The molecule has 0 saturated carbocycles. The molecule has 0 aromatic heterocycles. The zero-order valence-corrected chi connectivity index (χ0v) is 8.79. The fourth-order valence-corrected chi connectivity index (χ4v) is 2.16. The molecule has 0 bridgehead atoms. The first kappa shape index (κ1) is 9.72. The highest BCUT2D eigenvalue weighted by Crippen LogP contribution is 2.23. The number of hydrogen-bond acceptors (Lipinski definition) is 1. The molecule has 1 nitrogen and oxygen atoms in total. The molecule has 1 aliphatic rings. The van der Waals surface area contributed by atoms with Gasteiger partial charge in [0.2, 0.25) is 0 Å². The topological polar surface area (TPSA) is 20.2 Å². The van der Waals surface area contributed by atoms with E-state index in [1.54, 1.807) is 0 Å². The van der Waals surface area contributed by atoms with Gasteiger partial charge in [-0.25, -0.2) is 0 Å². The third kappa shape index (κ3) is 2.16. The van der Waals surface area contributed by atoms with E-state index in [4.69, 9.17) is 0 Å². The Labute approximate surface area is 85.8 Å². The average Bonchev–Trinajstić information content (AvgIpc) is 2.61. The van der Waals surface area contributed by atoms with E-state index < -0.39 is 0 Å².